The van der Waals surface area contributed by atoms with Crippen LogP contribution in [-0.2, 0) is 19.4 Å². The van der Waals surface area contributed by atoms with Crippen LogP contribution in [0.25, 0.3) is 0 Å². The molecule has 2 fully saturated rings. The standard InChI is InChI=1S/C26H36FN3O4/c27-18-6-9-24(34-20-4-1-2-5-20)23(16-18)29-14-12-28(13-15-29)10-3-11-30-25(32)21-8-7-19(31)17-22(21)26(30)33/h6,9,16,19-20,31-33H,1-5,7-8,10-15,17H2. The number of aromatic nitrogens is 1. The first kappa shape index (κ1) is 23.3. The van der Waals surface area contributed by atoms with Crippen molar-refractivity contribution in [2.45, 2.75) is 70.1 Å². The number of hydrogen-bond donors (Lipinski definition) is 3. The number of aliphatic hydroxyl groups is 1. The van der Waals surface area contributed by atoms with Gasteiger partial charge in [-0.2, -0.15) is 0 Å². The third-order valence-corrected chi connectivity index (χ3v) is 7.67. The van der Waals surface area contributed by atoms with Gasteiger partial charge in [-0.15, -0.1) is 0 Å². The molecule has 0 radical (unpaired) electrons. The molecule has 1 aliphatic heterocycles. The molecular formula is C26H36FN3O4. The third-order valence-electron chi connectivity index (χ3n) is 7.67. The van der Waals surface area contributed by atoms with E-state index in [-0.39, 0.29) is 23.7 Å². The number of aromatic hydroxyl groups is 2. The Bertz CT molecular complexity index is 996. The van der Waals surface area contributed by atoms with Crippen LogP contribution < -0.4 is 9.64 Å². The lowest BCUT2D eigenvalue weighted by Gasteiger charge is -2.37. The molecule has 1 atom stereocenters. The van der Waals surface area contributed by atoms with Gasteiger partial charge in [0.15, 0.2) is 11.8 Å². The van der Waals surface area contributed by atoms with E-state index in [4.69, 9.17) is 4.74 Å². The van der Waals surface area contributed by atoms with Crippen molar-refractivity contribution in [1.29, 1.82) is 0 Å². The minimum Gasteiger partial charge on any atom is -0.494 e. The first-order valence-electron chi connectivity index (χ1n) is 12.7. The molecule has 2 aromatic rings. The zero-order valence-electron chi connectivity index (χ0n) is 19.8. The van der Waals surface area contributed by atoms with Crippen molar-refractivity contribution < 1.29 is 24.4 Å². The van der Waals surface area contributed by atoms with Crippen molar-refractivity contribution in [3.8, 4) is 17.5 Å². The predicted molar refractivity (Wildman–Crippen MR) is 128 cm³/mol. The molecule has 186 valence electrons. The molecule has 3 N–H and O–H groups in total. The van der Waals surface area contributed by atoms with E-state index in [1.165, 1.54) is 18.9 Å². The summed E-state index contributed by atoms with van der Waals surface area (Å²) in [7, 11) is 0. The number of ether oxygens (including phenoxy) is 1. The lowest BCUT2D eigenvalue weighted by atomic mass is 9.93. The number of hydrogen-bond acceptors (Lipinski definition) is 6. The maximum Gasteiger partial charge on any atom is 0.197 e. The lowest BCUT2D eigenvalue weighted by Crippen LogP contribution is -2.47. The predicted octanol–water partition coefficient (Wildman–Crippen LogP) is 3.42. The SMILES string of the molecule is Oc1c2c(c(O)n1CCCN1CCN(c3cc(F)ccc3OC3CCCC3)CC1)CC(O)CC2. The van der Waals surface area contributed by atoms with Crippen molar-refractivity contribution in [3.05, 3.63) is 35.1 Å². The van der Waals surface area contributed by atoms with Gasteiger partial charge in [0.05, 0.1) is 17.9 Å². The summed E-state index contributed by atoms with van der Waals surface area (Å²) in [5.41, 5.74) is 2.32. The molecule has 5 rings (SSSR count). The van der Waals surface area contributed by atoms with Crippen molar-refractivity contribution in [1.82, 2.24) is 9.47 Å². The van der Waals surface area contributed by atoms with Crippen molar-refractivity contribution in [2.75, 3.05) is 37.6 Å². The monoisotopic (exact) mass is 473 g/mol. The largest absolute Gasteiger partial charge is 0.494 e. The van der Waals surface area contributed by atoms with E-state index in [9.17, 15) is 19.7 Å². The summed E-state index contributed by atoms with van der Waals surface area (Å²) in [5.74, 6) is 0.786. The van der Waals surface area contributed by atoms with Gasteiger partial charge in [-0.3, -0.25) is 9.47 Å². The highest BCUT2D eigenvalue weighted by Gasteiger charge is 2.28. The van der Waals surface area contributed by atoms with E-state index in [0.29, 0.717) is 31.4 Å². The van der Waals surface area contributed by atoms with Crippen LogP contribution in [0.2, 0.25) is 0 Å². The molecule has 34 heavy (non-hydrogen) atoms. The summed E-state index contributed by atoms with van der Waals surface area (Å²) in [4.78, 5) is 4.58. The number of nitrogens with zero attached hydrogens (tertiary/aromatic N) is 3. The summed E-state index contributed by atoms with van der Waals surface area (Å²) in [6.07, 6.45) is 6.73. The van der Waals surface area contributed by atoms with E-state index in [2.05, 4.69) is 9.80 Å². The van der Waals surface area contributed by atoms with Crippen molar-refractivity contribution >= 4 is 5.69 Å². The van der Waals surface area contributed by atoms with E-state index < -0.39 is 6.10 Å². The molecule has 0 bridgehead atoms. The van der Waals surface area contributed by atoms with Crippen LogP contribution >= 0.6 is 0 Å². The fourth-order valence-corrected chi connectivity index (χ4v) is 5.72. The van der Waals surface area contributed by atoms with Crippen molar-refractivity contribution in [2.24, 2.45) is 0 Å². The number of aliphatic hydroxyl groups excluding tert-OH is 1. The van der Waals surface area contributed by atoms with Gasteiger partial charge in [0.1, 0.15) is 11.6 Å². The summed E-state index contributed by atoms with van der Waals surface area (Å²) in [5, 5.41) is 31.0. The molecule has 1 aromatic carbocycles. The van der Waals surface area contributed by atoms with E-state index in [0.717, 1.165) is 69.0 Å². The van der Waals surface area contributed by atoms with E-state index >= 15 is 0 Å². The van der Waals surface area contributed by atoms with Crippen molar-refractivity contribution in [3.63, 3.8) is 0 Å². The highest BCUT2D eigenvalue weighted by molar-refractivity contribution is 5.59. The molecule has 1 saturated heterocycles. The molecular weight excluding hydrogens is 437 g/mol. The maximum atomic E-state index is 14.0. The Kier molecular flexibility index (Phi) is 6.88. The fourth-order valence-electron chi connectivity index (χ4n) is 5.72. The van der Waals surface area contributed by atoms with Gasteiger partial charge >= 0.3 is 0 Å². The molecule has 1 saturated carbocycles. The fraction of sp³-hybridized carbons (Fsp3) is 0.615. The molecule has 7 nitrogen and oxygen atoms in total. The first-order valence-corrected chi connectivity index (χ1v) is 12.7. The highest BCUT2D eigenvalue weighted by Crippen LogP contribution is 2.39. The topological polar surface area (TPSA) is 81.3 Å². The molecule has 1 aromatic heterocycles. The second-order valence-electron chi connectivity index (χ2n) is 9.97. The van der Waals surface area contributed by atoms with Crippen LogP contribution in [0.4, 0.5) is 10.1 Å². The molecule has 2 heterocycles. The molecule has 2 aliphatic carbocycles. The molecule has 8 heteroatoms. The van der Waals surface area contributed by atoms with Gasteiger partial charge in [-0.25, -0.2) is 4.39 Å². The maximum absolute atomic E-state index is 14.0. The smallest absolute Gasteiger partial charge is 0.197 e. The Morgan fingerprint density at radius 3 is 2.44 bits per heavy atom. The summed E-state index contributed by atoms with van der Waals surface area (Å²) >= 11 is 0. The number of rotatable bonds is 7. The minimum atomic E-state index is -0.452. The average Bonchev–Trinajstić information content (AvgIpc) is 3.43. The van der Waals surface area contributed by atoms with Crippen LogP contribution in [0.1, 0.15) is 49.7 Å². The Balaban J connectivity index is 1.15. The van der Waals surface area contributed by atoms with Crippen LogP contribution in [0.5, 0.6) is 17.5 Å². The van der Waals surface area contributed by atoms with Crippen LogP contribution in [0.3, 0.4) is 0 Å². The van der Waals surface area contributed by atoms with Crippen LogP contribution in [0.15, 0.2) is 18.2 Å². The zero-order valence-corrected chi connectivity index (χ0v) is 19.8. The number of benzene rings is 1. The Morgan fingerprint density at radius 1 is 0.941 bits per heavy atom. The minimum absolute atomic E-state index is 0.0944. The highest BCUT2D eigenvalue weighted by atomic mass is 19.1. The van der Waals surface area contributed by atoms with Gasteiger partial charge in [0.25, 0.3) is 0 Å². The molecule has 3 aliphatic rings. The van der Waals surface area contributed by atoms with Gasteiger partial charge in [-0.05, 0) is 63.6 Å². The van der Waals surface area contributed by atoms with Crippen LogP contribution in [-0.4, -0.2) is 69.7 Å². The van der Waals surface area contributed by atoms with Crippen LogP contribution in [0, 0.1) is 5.82 Å². The van der Waals surface area contributed by atoms with Gasteiger partial charge in [0.2, 0.25) is 0 Å². The first-order chi connectivity index (χ1) is 16.5. The van der Waals surface area contributed by atoms with Gasteiger partial charge < -0.3 is 25.0 Å². The summed E-state index contributed by atoms with van der Waals surface area (Å²) in [6.45, 7) is 4.72. The number of anilines is 1. The van der Waals surface area contributed by atoms with E-state index in [1.807, 2.05) is 0 Å². The Hall–Kier alpha value is -2.45. The molecule has 0 spiro atoms. The zero-order chi connectivity index (χ0) is 23.7. The van der Waals surface area contributed by atoms with Gasteiger partial charge in [0, 0.05) is 56.3 Å². The average molecular weight is 474 g/mol. The third kappa shape index (κ3) is 4.84. The number of halogens is 1. The quantitative estimate of drug-likeness (QED) is 0.572. The second kappa shape index (κ2) is 10.0. The summed E-state index contributed by atoms with van der Waals surface area (Å²) in [6, 6.07) is 4.84. The van der Waals surface area contributed by atoms with Gasteiger partial charge in [-0.1, -0.05) is 0 Å². The normalized spacial score (nSPS) is 21.7. The Labute approximate surface area is 200 Å². The number of fused-ring (bicyclic) bond motifs is 1. The lowest BCUT2D eigenvalue weighted by molar-refractivity contribution is 0.157. The second-order valence-corrected chi connectivity index (χ2v) is 9.97. The Morgan fingerprint density at radius 2 is 1.68 bits per heavy atom. The number of piperazine rings is 1. The van der Waals surface area contributed by atoms with E-state index in [1.54, 1.807) is 16.7 Å². The molecule has 0 amide bonds. The summed E-state index contributed by atoms with van der Waals surface area (Å²) < 4.78 is 21.9. The molecule has 1 unspecified atom stereocenters.